The zero-order valence-corrected chi connectivity index (χ0v) is 11.1. The van der Waals surface area contributed by atoms with Crippen LogP contribution in [0.25, 0.3) is 10.8 Å². The second-order valence-electron chi connectivity index (χ2n) is 4.56. The van der Waals surface area contributed by atoms with E-state index in [1.165, 1.54) is 0 Å². The van der Waals surface area contributed by atoms with Crippen molar-refractivity contribution >= 4 is 32.8 Å². The fourth-order valence-electron chi connectivity index (χ4n) is 2.40. The molecule has 1 fully saturated rings. The molecule has 1 aliphatic carbocycles. The van der Waals surface area contributed by atoms with Gasteiger partial charge in [0.15, 0.2) is 0 Å². The third-order valence-corrected chi connectivity index (χ3v) is 3.90. The Bertz CT molecular complexity index is 685. The van der Waals surface area contributed by atoms with Gasteiger partial charge in [0, 0.05) is 10.0 Å². The third-order valence-electron chi connectivity index (χ3n) is 3.41. The molecule has 0 heterocycles. The number of hydrogen-bond donors (Lipinski definition) is 1. The summed E-state index contributed by atoms with van der Waals surface area (Å²) in [4.78, 5) is 14.4. The van der Waals surface area contributed by atoms with Gasteiger partial charge in [-0.3, -0.25) is 0 Å². The van der Waals surface area contributed by atoms with Gasteiger partial charge >= 0.3 is 0 Å². The molecule has 0 atom stereocenters. The number of aromatic hydroxyl groups is 1. The lowest BCUT2D eigenvalue weighted by molar-refractivity contribution is 0.461. The average molecular weight is 304 g/mol. The Balaban J connectivity index is 2.34. The van der Waals surface area contributed by atoms with Crippen LogP contribution < -0.4 is 0 Å². The summed E-state index contributed by atoms with van der Waals surface area (Å²) in [6.07, 6.45) is 3.19. The molecule has 0 bridgehead atoms. The van der Waals surface area contributed by atoms with Crippen LogP contribution in [0.15, 0.2) is 39.8 Å². The first-order chi connectivity index (χ1) is 8.66. The molecule has 3 nitrogen and oxygen atoms in total. The number of fused-ring (bicyclic) bond motifs is 1. The summed E-state index contributed by atoms with van der Waals surface area (Å²) in [6, 6.07) is 9.37. The molecule has 2 aromatic rings. The Morgan fingerprint density at radius 1 is 1.28 bits per heavy atom. The van der Waals surface area contributed by atoms with Crippen molar-refractivity contribution in [3.63, 3.8) is 0 Å². The average Bonchev–Trinajstić information content (AvgIpc) is 3.10. The van der Waals surface area contributed by atoms with E-state index < -0.39 is 5.54 Å². The van der Waals surface area contributed by atoms with Crippen molar-refractivity contribution in [2.75, 3.05) is 0 Å². The van der Waals surface area contributed by atoms with E-state index in [2.05, 4.69) is 20.9 Å². The van der Waals surface area contributed by atoms with E-state index in [1.54, 1.807) is 12.1 Å². The van der Waals surface area contributed by atoms with Gasteiger partial charge in [0.1, 0.15) is 11.3 Å². The number of halogens is 1. The van der Waals surface area contributed by atoms with Gasteiger partial charge in [0.2, 0.25) is 6.08 Å². The number of benzene rings is 2. The number of nitrogens with zero attached hydrogens (tertiary/aromatic N) is 1. The van der Waals surface area contributed by atoms with Gasteiger partial charge in [-0.15, -0.1) is 0 Å². The number of hydrogen-bond acceptors (Lipinski definition) is 3. The van der Waals surface area contributed by atoms with Gasteiger partial charge in [-0.2, -0.15) is 4.99 Å². The predicted molar refractivity (Wildman–Crippen MR) is 72.3 cm³/mol. The largest absolute Gasteiger partial charge is 0.508 e. The van der Waals surface area contributed by atoms with Gasteiger partial charge < -0.3 is 5.11 Å². The van der Waals surface area contributed by atoms with E-state index in [9.17, 15) is 9.90 Å². The second-order valence-corrected chi connectivity index (χ2v) is 5.48. The van der Waals surface area contributed by atoms with E-state index in [-0.39, 0.29) is 5.75 Å². The zero-order valence-electron chi connectivity index (χ0n) is 9.48. The lowest BCUT2D eigenvalue weighted by Gasteiger charge is -2.14. The van der Waals surface area contributed by atoms with Gasteiger partial charge in [-0.1, -0.05) is 28.1 Å². The third kappa shape index (κ3) is 1.65. The molecule has 18 heavy (non-hydrogen) atoms. The molecule has 0 radical (unpaired) electrons. The van der Waals surface area contributed by atoms with Gasteiger partial charge in [0.25, 0.3) is 0 Å². The molecule has 0 spiro atoms. The van der Waals surface area contributed by atoms with Gasteiger partial charge in [-0.25, -0.2) is 4.79 Å². The summed E-state index contributed by atoms with van der Waals surface area (Å²) in [6.45, 7) is 0. The number of phenolic OH excluding ortho intramolecular Hbond substituents is 1. The SMILES string of the molecule is O=C=NC1(c2c(O)ccc3cc(Br)ccc23)CC1. The summed E-state index contributed by atoms with van der Waals surface area (Å²) >= 11 is 3.42. The normalized spacial score (nSPS) is 16.3. The molecule has 2 aromatic carbocycles. The zero-order chi connectivity index (χ0) is 12.8. The summed E-state index contributed by atoms with van der Waals surface area (Å²) < 4.78 is 0.982. The maximum absolute atomic E-state index is 10.6. The van der Waals surface area contributed by atoms with Gasteiger partial charge in [0.05, 0.1) is 0 Å². The van der Waals surface area contributed by atoms with Crippen LogP contribution in [0.4, 0.5) is 0 Å². The van der Waals surface area contributed by atoms with Crippen molar-refractivity contribution in [1.29, 1.82) is 0 Å². The first kappa shape index (κ1) is 11.5. The molecule has 90 valence electrons. The topological polar surface area (TPSA) is 49.7 Å². The molecule has 3 rings (SSSR count). The van der Waals surface area contributed by atoms with Crippen LogP contribution in [0.1, 0.15) is 18.4 Å². The predicted octanol–water partition coefficient (Wildman–Crippen LogP) is 3.63. The first-order valence-corrected chi connectivity index (χ1v) is 6.46. The van der Waals surface area contributed by atoms with Crippen molar-refractivity contribution in [3.05, 3.63) is 40.4 Å². The Kier molecular flexibility index (Phi) is 2.51. The quantitative estimate of drug-likeness (QED) is 0.680. The fraction of sp³-hybridized carbons (Fsp3) is 0.214. The lowest BCUT2D eigenvalue weighted by Crippen LogP contribution is -2.03. The van der Waals surface area contributed by atoms with E-state index in [1.807, 2.05) is 24.3 Å². The Morgan fingerprint density at radius 2 is 2.06 bits per heavy atom. The highest BCUT2D eigenvalue weighted by molar-refractivity contribution is 9.10. The smallest absolute Gasteiger partial charge is 0.235 e. The van der Waals surface area contributed by atoms with Crippen molar-refractivity contribution in [1.82, 2.24) is 0 Å². The minimum atomic E-state index is -0.556. The molecule has 1 N–H and O–H groups in total. The molecular weight excluding hydrogens is 294 g/mol. The first-order valence-electron chi connectivity index (χ1n) is 5.67. The van der Waals surface area contributed by atoms with E-state index in [0.29, 0.717) is 0 Å². The Labute approximate surface area is 112 Å². The summed E-state index contributed by atoms with van der Waals surface area (Å²) in [5.74, 6) is 0.196. The monoisotopic (exact) mass is 303 g/mol. The molecule has 0 aliphatic heterocycles. The number of aliphatic imine (C=N–C) groups is 1. The molecule has 0 amide bonds. The Morgan fingerprint density at radius 3 is 2.72 bits per heavy atom. The van der Waals surface area contributed by atoms with E-state index in [0.717, 1.165) is 33.7 Å². The highest BCUT2D eigenvalue weighted by atomic mass is 79.9. The summed E-state index contributed by atoms with van der Waals surface area (Å²) in [5.41, 5.74) is 0.190. The minimum absolute atomic E-state index is 0.196. The number of isocyanates is 1. The second kappa shape index (κ2) is 3.94. The standard InChI is InChI=1S/C14H10BrNO2/c15-10-2-3-11-9(7-10)1-4-12(18)13(11)14(5-6-14)16-8-17/h1-4,7,18H,5-6H2. The number of phenols is 1. The number of rotatable bonds is 2. The van der Waals surface area contributed by atoms with Crippen LogP contribution in [0, 0.1) is 0 Å². The van der Waals surface area contributed by atoms with Crippen molar-refractivity contribution in [2.45, 2.75) is 18.4 Å². The molecule has 0 unspecified atom stereocenters. The summed E-state index contributed by atoms with van der Waals surface area (Å²) in [7, 11) is 0. The molecule has 1 saturated carbocycles. The maximum atomic E-state index is 10.6. The highest BCUT2D eigenvalue weighted by Crippen LogP contribution is 2.54. The van der Waals surface area contributed by atoms with Crippen molar-refractivity contribution in [2.24, 2.45) is 4.99 Å². The minimum Gasteiger partial charge on any atom is -0.508 e. The maximum Gasteiger partial charge on any atom is 0.235 e. The van der Waals surface area contributed by atoms with Crippen molar-refractivity contribution in [3.8, 4) is 5.75 Å². The summed E-state index contributed by atoms with van der Waals surface area (Å²) in [5, 5.41) is 12.0. The molecule has 0 saturated heterocycles. The van der Waals surface area contributed by atoms with Crippen molar-refractivity contribution < 1.29 is 9.90 Å². The van der Waals surface area contributed by atoms with Gasteiger partial charge in [-0.05, 0) is 41.8 Å². The lowest BCUT2D eigenvalue weighted by atomic mass is 9.96. The van der Waals surface area contributed by atoms with E-state index >= 15 is 0 Å². The van der Waals surface area contributed by atoms with Crippen LogP contribution in [-0.2, 0) is 10.3 Å². The van der Waals surface area contributed by atoms with Crippen LogP contribution in [0.5, 0.6) is 5.75 Å². The fourth-order valence-corrected chi connectivity index (χ4v) is 2.78. The Hall–Kier alpha value is -1.64. The molecule has 1 aliphatic rings. The van der Waals surface area contributed by atoms with Crippen LogP contribution in [-0.4, -0.2) is 11.2 Å². The number of carbonyl (C=O) groups excluding carboxylic acids is 1. The van der Waals surface area contributed by atoms with Crippen LogP contribution in [0.3, 0.4) is 0 Å². The molecule has 0 aromatic heterocycles. The molecular formula is C14H10BrNO2. The molecule has 4 heteroatoms. The van der Waals surface area contributed by atoms with Crippen LogP contribution >= 0.6 is 15.9 Å². The van der Waals surface area contributed by atoms with E-state index in [4.69, 9.17) is 0 Å². The highest BCUT2D eigenvalue weighted by Gasteiger charge is 2.47. The van der Waals surface area contributed by atoms with Crippen LogP contribution in [0.2, 0.25) is 0 Å².